The Labute approximate surface area is 154 Å². The third kappa shape index (κ3) is 3.13. The molecule has 0 radical (unpaired) electrons. The minimum absolute atomic E-state index is 0.161. The summed E-state index contributed by atoms with van der Waals surface area (Å²) < 4.78 is 0. The lowest BCUT2D eigenvalue weighted by Crippen LogP contribution is -2.44. The van der Waals surface area contributed by atoms with Crippen LogP contribution in [-0.2, 0) is 5.54 Å². The van der Waals surface area contributed by atoms with E-state index in [0.717, 1.165) is 12.1 Å². The molecule has 1 nitrogen and oxygen atoms in total. The van der Waals surface area contributed by atoms with E-state index < -0.39 is 0 Å². The summed E-state index contributed by atoms with van der Waals surface area (Å²) in [5.74, 6) is 0. The molecule has 1 atom stereocenters. The lowest BCUT2D eigenvalue weighted by atomic mass is 9.91. The van der Waals surface area contributed by atoms with Crippen molar-refractivity contribution in [3.8, 4) is 0 Å². The molecule has 0 aliphatic carbocycles. The number of hydrogen-bond donors (Lipinski definition) is 0. The highest BCUT2D eigenvalue weighted by Gasteiger charge is 2.38. The van der Waals surface area contributed by atoms with Crippen molar-refractivity contribution in [2.75, 3.05) is 6.54 Å². The summed E-state index contributed by atoms with van der Waals surface area (Å²) in [5.41, 5.74) is 5.15. The minimum atomic E-state index is -0.161. The van der Waals surface area contributed by atoms with Crippen LogP contribution in [0, 0.1) is 0 Å². The number of nitrogens with zero attached hydrogens (tertiary/aromatic N) is 1. The lowest BCUT2D eigenvalue weighted by molar-refractivity contribution is 0.120. The summed E-state index contributed by atoms with van der Waals surface area (Å²) >= 11 is 12.5. The highest BCUT2D eigenvalue weighted by Crippen LogP contribution is 2.41. The van der Waals surface area contributed by atoms with Gasteiger partial charge in [-0.2, -0.15) is 0 Å². The SMILES string of the molecule is CC1=C(c2ccccc2)CN(C(C)(C)c2cc(Cl)cc(Cl)c2)C1C. The Morgan fingerprint density at radius 3 is 2.17 bits per heavy atom. The second-order valence-electron chi connectivity index (χ2n) is 7.05. The largest absolute Gasteiger partial charge is 0.283 e. The van der Waals surface area contributed by atoms with Gasteiger partial charge < -0.3 is 0 Å². The number of halogens is 2. The number of hydrogen-bond acceptors (Lipinski definition) is 1. The summed E-state index contributed by atoms with van der Waals surface area (Å²) in [4.78, 5) is 2.52. The highest BCUT2D eigenvalue weighted by molar-refractivity contribution is 6.34. The van der Waals surface area contributed by atoms with Crippen LogP contribution in [0.15, 0.2) is 54.1 Å². The average molecular weight is 360 g/mol. The molecule has 0 saturated carbocycles. The summed E-state index contributed by atoms with van der Waals surface area (Å²) in [6.07, 6.45) is 0. The molecule has 1 unspecified atom stereocenters. The third-order valence-corrected chi connectivity index (χ3v) is 5.74. The molecule has 1 aliphatic heterocycles. The van der Waals surface area contributed by atoms with Crippen LogP contribution in [0.4, 0.5) is 0 Å². The maximum atomic E-state index is 6.24. The molecule has 2 aromatic carbocycles. The van der Waals surface area contributed by atoms with Gasteiger partial charge in [0.15, 0.2) is 0 Å². The molecule has 2 aromatic rings. The molecule has 1 aliphatic rings. The summed E-state index contributed by atoms with van der Waals surface area (Å²) in [6.45, 7) is 9.93. The molecule has 3 rings (SSSR count). The van der Waals surface area contributed by atoms with Crippen LogP contribution in [0.5, 0.6) is 0 Å². The fraction of sp³-hybridized carbons (Fsp3) is 0.333. The molecule has 24 heavy (non-hydrogen) atoms. The first-order valence-corrected chi connectivity index (χ1v) is 9.04. The van der Waals surface area contributed by atoms with Gasteiger partial charge in [-0.1, -0.05) is 59.1 Å². The maximum Gasteiger partial charge on any atom is 0.0424 e. The van der Waals surface area contributed by atoms with E-state index in [-0.39, 0.29) is 5.54 Å². The van der Waals surface area contributed by atoms with Gasteiger partial charge in [0.25, 0.3) is 0 Å². The van der Waals surface area contributed by atoms with Crippen LogP contribution >= 0.6 is 23.2 Å². The molecule has 0 saturated heterocycles. The van der Waals surface area contributed by atoms with Gasteiger partial charge in [-0.15, -0.1) is 0 Å². The molecule has 0 fully saturated rings. The Hall–Kier alpha value is -1.28. The fourth-order valence-corrected chi connectivity index (χ4v) is 4.16. The predicted octanol–water partition coefficient (Wildman–Crippen LogP) is 6.41. The van der Waals surface area contributed by atoms with Crippen molar-refractivity contribution in [3.63, 3.8) is 0 Å². The van der Waals surface area contributed by atoms with Crippen molar-refractivity contribution in [2.24, 2.45) is 0 Å². The van der Waals surface area contributed by atoms with Crippen molar-refractivity contribution in [1.29, 1.82) is 0 Å². The van der Waals surface area contributed by atoms with Gasteiger partial charge in [0.1, 0.15) is 0 Å². The van der Waals surface area contributed by atoms with E-state index in [0.29, 0.717) is 16.1 Å². The van der Waals surface area contributed by atoms with Crippen LogP contribution in [0.1, 0.15) is 38.8 Å². The summed E-state index contributed by atoms with van der Waals surface area (Å²) in [7, 11) is 0. The number of rotatable bonds is 3. The fourth-order valence-electron chi connectivity index (χ4n) is 3.63. The van der Waals surface area contributed by atoms with Crippen LogP contribution < -0.4 is 0 Å². The molecular weight excluding hydrogens is 337 g/mol. The molecule has 0 spiro atoms. The third-order valence-electron chi connectivity index (χ3n) is 5.31. The van der Waals surface area contributed by atoms with Gasteiger partial charge in [0.05, 0.1) is 0 Å². The predicted molar refractivity (Wildman–Crippen MR) is 105 cm³/mol. The number of benzene rings is 2. The Morgan fingerprint density at radius 2 is 1.58 bits per heavy atom. The molecule has 0 aromatic heterocycles. The van der Waals surface area contributed by atoms with Gasteiger partial charge in [0, 0.05) is 28.2 Å². The van der Waals surface area contributed by atoms with Gasteiger partial charge >= 0.3 is 0 Å². The molecule has 0 N–H and O–H groups in total. The normalized spacial score (nSPS) is 19.2. The Balaban J connectivity index is 1.96. The second kappa shape index (κ2) is 6.55. The molecule has 3 heteroatoms. The lowest BCUT2D eigenvalue weighted by Gasteiger charge is -2.40. The standard InChI is InChI=1S/C21H23Cl2N/c1-14-15(2)24(13-20(14)16-8-6-5-7-9-16)21(3,4)17-10-18(22)12-19(23)11-17/h5-12,15H,13H2,1-4H3. The Morgan fingerprint density at radius 1 is 1.00 bits per heavy atom. The van der Waals surface area contributed by atoms with Gasteiger partial charge in [-0.25, -0.2) is 0 Å². The van der Waals surface area contributed by atoms with E-state index in [1.165, 1.54) is 16.7 Å². The van der Waals surface area contributed by atoms with Crippen LogP contribution in [0.2, 0.25) is 10.0 Å². The van der Waals surface area contributed by atoms with Crippen molar-refractivity contribution in [1.82, 2.24) is 4.90 Å². The van der Waals surface area contributed by atoms with Gasteiger partial charge in [-0.05, 0) is 62.6 Å². The molecule has 126 valence electrons. The second-order valence-corrected chi connectivity index (χ2v) is 7.92. The molecule has 0 bridgehead atoms. The molecular formula is C21H23Cl2N. The van der Waals surface area contributed by atoms with E-state index in [1.54, 1.807) is 6.07 Å². The first-order valence-electron chi connectivity index (χ1n) is 8.29. The Kier molecular flexibility index (Phi) is 4.79. The first kappa shape index (κ1) is 17.5. The first-order chi connectivity index (χ1) is 11.3. The van der Waals surface area contributed by atoms with Crippen molar-refractivity contribution in [2.45, 2.75) is 39.3 Å². The topological polar surface area (TPSA) is 3.24 Å². The van der Waals surface area contributed by atoms with Crippen LogP contribution in [0.25, 0.3) is 5.57 Å². The monoisotopic (exact) mass is 359 g/mol. The van der Waals surface area contributed by atoms with Crippen LogP contribution in [-0.4, -0.2) is 17.5 Å². The van der Waals surface area contributed by atoms with E-state index in [2.05, 4.69) is 62.9 Å². The van der Waals surface area contributed by atoms with E-state index >= 15 is 0 Å². The molecule has 1 heterocycles. The zero-order valence-electron chi connectivity index (χ0n) is 14.6. The van der Waals surface area contributed by atoms with E-state index in [1.807, 2.05) is 12.1 Å². The van der Waals surface area contributed by atoms with Gasteiger partial charge in [0.2, 0.25) is 0 Å². The van der Waals surface area contributed by atoms with E-state index in [9.17, 15) is 0 Å². The minimum Gasteiger partial charge on any atom is -0.283 e. The average Bonchev–Trinajstić information content (AvgIpc) is 2.84. The zero-order chi connectivity index (χ0) is 17.5. The molecule has 0 amide bonds. The summed E-state index contributed by atoms with van der Waals surface area (Å²) in [5, 5.41) is 1.37. The van der Waals surface area contributed by atoms with Crippen molar-refractivity contribution < 1.29 is 0 Å². The highest BCUT2D eigenvalue weighted by atomic mass is 35.5. The smallest absolute Gasteiger partial charge is 0.0424 e. The van der Waals surface area contributed by atoms with Crippen molar-refractivity contribution in [3.05, 3.63) is 75.3 Å². The zero-order valence-corrected chi connectivity index (χ0v) is 16.1. The Bertz CT molecular complexity index is 757. The van der Waals surface area contributed by atoms with Crippen LogP contribution in [0.3, 0.4) is 0 Å². The maximum absolute atomic E-state index is 6.24. The summed E-state index contributed by atoms with van der Waals surface area (Å²) in [6, 6.07) is 16.9. The van der Waals surface area contributed by atoms with Crippen molar-refractivity contribution >= 4 is 28.8 Å². The van der Waals surface area contributed by atoms with Gasteiger partial charge in [-0.3, -0.25) is 4.90 Å². The quantitative estimate of drug-likeness (QED) is 0.612. The van der Waals surface area contributed by atoms with E-state index in [4.69, 9.17) is 23.2 Å².